The van der Waals surface area contributed by atoms with E-state index in [0.717, 1.165) is 0 Å². The van der Waals surface area contributed by atoms with Gasteiger partial charge in [-0.25, -0.2) is 0 Å². The van der Waals surface area contributed by atoms with E-state index in [1.54, 1.807) is 0 Å². The Morgan fingerprint density at radius 3 is 2.44 bits per heavy atom. The number of nitro groups is 1. The first-order valence-corrected chi connectivity index (χ1v) is 5.20. The van der Waals surface area contributed by atoms with E-state index in [2.05, 4.69) is 10.3 Å². The molecule has 1 saturated carbocycles. The minimum Gasteiger partial charge on any atom is -0.358 e. The highest BCUT2D eigenvalue weighted by atomic mass is 19.4. The first-order chi connectivity index (χ1) is 8.18. The van der Waals surface area contributed by atoms with Gasteiger partial charge in [0.25, 0.3) is 0 Å². The summed E-state index contributed by atoms with van der Waals surface area (Å²) in [4.78, 5) is 13.6. The lowest BCUT2D eigenvalue weighted by atomic mass is 10.2. The quantitative estimate of drug-likeness (QED) is 0.670. The van der Waals surface area contributed by atoms with Gasteiger partial charge in [0.2, 0.25) is 11.6 Å². The minimum absolute atomic E-state index is 0.0854. The van der Waals surface area contributed by atoms with Crippen LogP contribution in [0.4, 0.5) is 24.8 Å². The van der Waals surface area contributed by atoms with E-state index < -0.39 is 22.5 Å². The molecule has 0 aliphatic heterocycles. The third-order valence-electron chi connectivity index (χ3n) is 3.12. The predicted molar refractivity (Wildman–Crippen MR) is 56.2 cm³/mol. The number of aryl methyl sites for hydroxylation is 1. The standard InChI is InChI=1S/C9H11F3N4O2/c1-5-13-6(16(17)18)7(15(5)2)14-8(3-4-8)9(10,11)12/h14H,3-4H2,1-2H3. The first-order valence-electron chi connectivity index (χ1n) is 5.20. The van der Waals surface area contributed by atoms with Crippen LogP contribution >= 0.6 is 0 Å². The van der Waals surface area contributed by atoms with Crippen LogP contribution < -0.4 is 5.32 Å². The Hall–Kier alpha value is -1.80. The van der Waals surface area contributed by atoms with Crippen molar-refractivity contribution >= 4 is 11.6 Å². The zero-order chi connectivity index (χ0) is 13.7. The summed E-state index contributed by atoms with van der Waals surface area (Å²) in [6, 6.07) is 0. The van der Waals surface area contributed by atoms with Crippen LogP contribution in [-0.4, -0.2) is 26.2 Å². The van der Waals surface area contributed by atoms with E-state index in [0.29, 0.717) is 0 Å². The van der Waals surface area contributed by atoms with Gasteiger partial charge in [0.15, 0.2) is 0 Å². The largest absolute Gasteiger partial charge is 0.411 e. The van der Waals surface area contributed by atoms with Gasteiger partial charge in [0, 0.05) is 14.0 Å². The average Bonchev–Trinajstić information content (AvgIpc) is 2.96. The maximum Gasteiger partial charge on any atom is 0.411 e. The molecular weight excluding hydrogens is 253 g/mol. The maximum absolute atomic E-state index is 12.8. The molecule has 0 aromatic carbocycles. The summed E-state index contributed by atoms with van der Waals surface area (Å²) in [6.45, 7) is 1.49. The van der Waals surface area contributed by atoms with E-state index in [9.17, 15) is 23.3 Å². The highest BCUT2D eigenvalue weighted by Crippen LogP contribution is 2.51. The summed E-state index contributed by atoms with van der Waals surface area (Å²) in [6.07, 6.45) is -4.60. The van der Waals surface area contributed by atoms with Crippen molar-refractivity contribution in [2.45, 2.75) is 31.5 Å². The van der Waals surface area contributed by atoms with Crippen molar-refractivity contribution < 1.29 is 18.1 Å². The summed E-state index contributed by atoms with van der Waals surface area (Å²) in [5.41, 5.74) is -2.04. The lowest BCUT2D eigenvalue weighted by molar-refractivity contribution is -0.388. The number of alkyl halides is 3. The molecule has 0 bridgehead atoms. The molecule has 0 amide bonds. The number of nitrogens with zero attached hydrogens (tertiary/aromatic N) is 3. The fourth-order valence-electron chi connectivity index (χ4n) is 1.69. The highest BCUT2D eigenvalue weighted by molar-refractivity contribution is 5.56. The normalized spacial score (nSPS) is 17.6. The molecule has 1 N–H and O–H groups in total. The molecule has 0 radical (unpaired) electrons. The third kappa shape index (κ3) is 1.79. The van der Waals surface area contributed by atoms with E-state index in [4.69, 9.17) is 0 Å². The second kappa shape index (κ2) is 3.59. The van der Waals surface area contributed by atoms with E-state index in [1.165, 1.54) is 18.5 Å². The van der Waals surface area contributed by atoms with Gasteiger partial charge in [-0.2, -0.15) is 13.2 Å². The van der Waals surface area contributed by atoms with Gasteiger partial charge in [-0.05, 0) is 22.7 Å². The third-order valence-corrected chi connectivity index (χ3v) is 3.12. The molecule has 0 saturated heterocycles. The molecule has 6 nitrogen and oxygen atoms in total. The van der Waals surface area contributed by atoms with Crippen LogP contribution in [-0.2, 0) is 7.05 Å². The second-order valence-electron chi connectivity index (χ2n) is 4.35. The monoisotopic (exact) mass is 264 g/mol. The predicted octanol–water partition coefficient (Wildman–Crippen LogP) is 2.14. The van der Waals surface area contributed by atoms with Gasteiger partial charge < -0.3 is 15.4 Å². The number of hydrogen-bond acceptors (Lipinski definition) is 4. The van der Waals surface area contributed by atoms with Gasteiger partial charge in [0.05, 0.1) is 0 Å². The molecule has 18 heavy (non-hydrogen) atoms. The lowest BCUT2D eigenvalue weighted by Gasteiger charge is -2.21. The van der Waals surface area contributed by atoms with Gasteiger partial charge in [-0.1, -0.05) is 0 Å². The smallest absolute Gasteiger partial charge is 0.358 e. The Labute approximate surface area is 100.0 Å². The van der Waals surface area contributed by atoms with E-state index in [1.807, 2.05) is 0 Å². The SMILES string of the molecule is Cc1nc([N+](=O)[O-])c(NC2(C(F)(F)F)CC2)n1C. The molecule has 1 fully saturated rings. The molecule has 1 aromatic rings. The van der Waals surface area contributed by atoms with Crippen molar-refractivity contribution in [3.63, 3.8) is 0 Å². The fourth-order valence-corrected chi connectivity index (χ4v) is 1.69. The summed E-state index contributed by atoms with van der Waals surface area (Å²) >= 11 is 0. The molecule has 0 unspecified atom stereocenters. The van der Waals surface area contributed by atoms with E-state index >= 15 is 0 Å². The summed E-state index contributed by atoms with van der Waals surface area (Å²) in [5, 5.41) is 13.0. The molecule has 1 aliphatic carbocycles. The number of rotatable bonds is 3. The Morgan fingerprint density at radius 2 is 2.06 bits per heavy atom. The summed E-state index contributed by atoms with van der Waals surface area (Å²) < 4.78 is 39.6. The molecule has 0 spiro atoms. The van der Waals surface area contributed by atoms with Gasteiger partial charge >= 0.3 is 12.0 Å². The molecule has 1 aromatic heterocycles. The van der Waals surface area contributed by atoms with Crippen molar-refractivity contribution in [2.75, 3.05) is 5.32 Å². The van der Waals surface area contributed by atoms with Crippen LogP contribution in [0.5, 0.6) is 0 Å². The number of halogens is 3. The molecule has 0 atom stereocenters. The van der Waals surface area contributed by atoms with Gasteiger partial charge in [-0.3, -0.25) is 4.57 Å². The van der Waals surface area contributed by atoms with Crippen LogP contribution in [0.3, 0.4) is 0 Å². The van der Waals surface area contributed by atoms with Crippen LogP contribution in [0.25, 0.3) is 0 Å². The Bertz CT molecular complexity index is 505. The molecular formula is C9H11F3N4O2. The Kier molecular flexibility index (Phi) is 2.53. The number of nitrogens with one attached hydrogen (secondary N) is 1. The number of imidazole rings is 1. The molecule has 1 heterocycles. The lowest BCUT2D eigenvalue weighted by Crippen LogP contribution is -2.39. The summed E-state index contributed by atoms with van der Waals surface area (Å²) in [5.74, 6) is -0.500. The van der Waals surface area contributed by atoms with Crippen LogP contribution in [0, 0.1) is 17.0 Å². The van der Waals surface area contributed by atoms with Crippen molar-refractivity contribution in [1.29, 1.82) is 0 Å². The second-order valence-corrected chi connectivity index (χ2v) is 4.35. The molecule has 2 rings (SSSR count). The van der Waals surface area contributed by atoms with Crippen molar-refractivity contribution in [2.24, 2.45) is 7.05 Å². The Morgan fingerprint density at radius 1 is 1.50 bits per heavy atom. The fraction of sp³-hybridized carbons (Fsp3) is 0.667. The van der Waals surface area contributed by atoms with Gasteiger partial charge in [-0.15, -0.1) is 0 Å². The zero-order valence-electron chi connectivity index (χ0n) is 9.71. The first kappa shape index (κ1) is 12.7. The van der Waals surface area contributed by atoms with Crippen molar-refractivity contribution in [1.82, 2.24) is 9.55 Å². The summed E-state index contributed by atoms with van der Waals surface area (Å²) in [7, 11) is 1.43. The van der Waals surface area contributed by atoms with E-state index in [-0.39, 0.29) is 24.5 Å². The molecule has 100 valence electrons. The van der Waals surface area contributed by atoms with Crippen LogP contribution in [0.2, 0.25) is 0 Å². The topological polar surface area (TPSA) is 73.0 Å². The average molecular weight is 264 g/mol. The molecule has 9 heteroatoms. The highest BCUT2D eigenvalue weighted by Gasteiger charge is 2.64. The molecule has 1 aliphatic rings. The minimum atomic E-state index is -4.43. The van der Waals surface area contributed by atoms with Crippen molar-refractivity contribution in [3.05, 3.63) is 15.9 Å². The Balaban J connectivity index is 2.38. The number of aromatic nitrogens is 2. The van der Waals surface area contributed by atoms with Crippen LogP contribution in [0.1, 0.15) is 18.7 Å². The van der Waals surface area contributed by atoms with Gasteiger partial charge in [0.1, 0.15) is 5.54 Å². The van der Waals surface area contributed by atoms with Crippen molar-refractivity contribution in [3.8, 4) is 0 Å². The number of hydrogen-bond donors (Lipinski definition) is 1. The zero-order valence-corrected chi connectivity index (χ0v) is 9.71. The number of anilines is 1. The van der Waals surface area contributed by atoms with Crippen LogP contribution in [0.15, 0.2) is 0 Å². The maximum atomic E-state index is 12.8.